The Kier molecular flexibility index (Phi) is 6.43. The van der Waals surface area contributed by atoms with Crippen molar-refractivity contribution in [1.29, 1.82) is 0 Å². The van der Waals surface area contributed by atoms with Crippen molar-refractivity contribution >= 4 is 5.91 Å². The molecule has 2 aliphatic heterocycles. The zero-order chi connectivity index (χ0) is 20.1. The van der Waals surface area contributed by atoms with E-state index < -0.39 is 0 Å². The van der Waals surface area contributed by atoms with E-state index in [9.17, 15) is 9.90 Å². The van der Waals surface area contributed by atoms with Crippen molar-refractivity contribution in [1.82, 2.24) is 4.90 Å². The second kappa shape index (κ2) is 9.38. The minimum absolute atomic E-state index is 0.0204. The van der Waals surface area contributed by atoms with E-state index in [0.29, 0.717) is 19.1 Å². The molecule has 1 N–H and O–H groups in total. The van der Waals surface area contributed by atoms with Crippen LogP contribution < -0.4 is 0 Å². The van der Waals surface area contributed by atoms with Crippen molar-refractivity contribution in [2.24, 2.45) is 11.8 Å². The average Bonchev–Trinajstić information content (AvgIpc) is 2.79. The second-order valence-electron chi connectivity index (χ2n) is 8.04. The van der Waals surface area contributed by atoms with Gasteiger partial charge in [0.05, 0.1) is 12.6 Å². The first-order chi connectivity index (χ1) is 14.3. The van der Waals surface area contributed by atoms with Crippen molar-refractivity contribution in [3.63, 3.8) is 0 Å². The summed E-state index contributed by atoms with van der Waals surface area (Å²) in [5.74, 6) is 0.500. The third kappa shape index (κ3) is 4.44. The molecule has 1 fully saturated rings. The summed E-state index contributed by atoms with van der Waals surface area (Å²) < 4.78 is 5.85. The molecule has 4 nitrogen and oxygen atoms in total. The molecule has 2 heterocycles. The predicted molar refractivity (Wildman–Crippen MR) is 113 cm³/mol. The number of hydrogen-bond acceptors (Lipinski definition) is 3. The molecule has 152 valence electrons. The molecule has 2 aromatic carbocycles. The number of hydrogen-bond donors (Lipinski definition) is 1. The molecule has 0 spiro atoms. The summed E-state index contributed by atoms with van der Waals surface area (Å²) in [6.45, 7) is 1.43. The molecule has 2 aromatic rings. The quantitative estimate of drug-likeness (QED) is 0.545. The van der Waals surface area contributed by atoms with Gasteiger partial charge in [0, 0.05) is 30.7 Å². The van der Waals surface area contributed by atoms with Crippen molar-refractivity contribution in [2.75, 3.05) is 13.2 Å². The lowest BCUT2D eigenvalue weighted by molar-refractivity contribution is 0.000190. The molecule has 5 rings (SSSR count). The molecular formula is C25H29NO3. The van der Waals surface area contributed by atoms with Gasteiger partial charge in [-0.1, -0.05) is 60.7 Å². The summed E-state index contributed by atoms with van der Waals surface area (Å²) in [7, 11) is 0. The van der Waals surface area contributed by atoms with E-state index in [4.69, 9.17) is 4.74 Å². The number of rotatable bonds is 8. The predicted octanol–water partition coefficient (Wildman–Crippen LogP) is 4.06. The van der Waals surface area contributed by atoms with Gasteiger partial charge in [0.15, 0.2) is 0 Å². The van der Waals surface area contributed by atoms with Crippen LogP contribution in [0.25, 0.3) is 0 Å². The lowest BCUT2D eigenvalue weighted by Crippen LogP contribution is -2.59. The van der Waals surface area contributed by atoms with Gasteiger partial charge in [-0.2, -0.15) is 0 Å². The summed E-state index contributed by atoms with van der Waals surface area (Å²) in [5, 5.41) is 9.83. The fraction of sp³-hybridized carbons (Fsp3) is 0.400. The van der Waals surface area contributed by atoms with E-state index in [-0.39, 0.29) is 30.5 Å². The van der Waals surface area contributed by atoms with Crippen LogP contribution in [0, 0.1) is 11.8 Å². The standard InChI is InChI=1S/C25H29NO3/c27-17-22-16-21-13-14-24(22)26(25(28)20-10-5-2-6-11-20)23(21)12-7-15-29-18-19-8-3-1-4-9-19/h1-6,8-11,13-14,21-24,27H,7,12,15-18H2/t21-,22-,23-,24+/m0/s1. The van der Waals surface area contributed by atoms with Crippen molar-refractivity contribution in [3.05, 3.63) is 83.9 Å². The summed E-state index contributed by atoms with van der Waals surface area (Å²) in [4.78, 5) is 15.3. The number of ether oxygens (including phenoxy) is 1. The highest BCUT2D eigenvalue weighted by atomic mass is 16.5. The number of carbonyl (C=O) groups is 1. The monoisotopic (exact) mass is 391 g/mol. The van der Waals surface area contributed by atoms with Gasteiger partial charge in [-0.25, -0.2) is 0 Å². The van der Waals surface area contributed by atoms with Gasteiger partial charge < -0.3 is 14.7 Å². The Morgan fingerprint density at radius 3 is 2.48 bits per heavy atom. The Labute approximate surface area is 172 Å². The minimum Gasteiger partial charge on any atom is -0.396 e. The summed E-state index contributed by atoms with van der Waals surface area (Å²) in [6, 6.07) is 19.8. The molecule has 1 amide bonds. The average molecular weight is 392 g/mol. The summed E-state index contributed by atoms with van der Waals surface area (Å²) in [6.07, 6.45) is 7.15. The zero-order valence-corrected chi connectivity index (χ0v) is 16.7. The Hall–Kier alpha value is -2.43. The van der Waals surface area contributed by atoms with E-state index in [1.165, 1.54) is 5.56 Å². The first kappa shape index (κ1) is 19.9. The van der Waals surface area contributed by atoms with Gasteiger partial charge in [-0.3, -0.25) is 4.79 Å². The number of fused-ring (bicyclic) bond motifs is 2. The van der Waals surface area contributed by atoms with E-state index >= 15 is 0 Å². The van der Waals surface area contributed by atoms with Crippen LogP contribution in [0.5, 0.6) is 0 Å². The molecule has 0 radical (unpaired) electrons. The summed E-state index contributed by atoms with van der Waals surface area (Å²) in [5.41, 5.74) is 1.90. The van der Waals surface area contributed by atoms with Crippen molar-refractivity contribution < 1.29 is 14.6 Å². The van der Waals surface area contributed by atoms with Crippen molar-refractivity contribution in [3.8, 4) is 0 Å². The number of benzene rings is 2. The fourth-order valence-electron chi connectivity index (χ4n) is 4.72. The van der Waals surface area contributed by atoms with Crippen molar-refractivity contribution in [2.45, 2.75) is 38.0 Å². The molecule has 4 heteroatoms. The highest BCUT2D eigenvalue weighted by Crippen LogP contribution is 2.41. The van der Waals surface area contributed by atoms with Crippen LogP contribution in [-0.2, 0) is 11.3 Å². The first-order valence-electron chi connectivity index (χ1n) is 10.6. The highest BCUT2D eigenvalue weighted by Gasteiger charge is 2.45. The molecule has 0 saturated carbocycles. The zero-order valence-electron chi connectivity index (χ0n) is 16.7. The van der Waals surface area contributed by atoms with E-state index in [1.807, 2.05) is 53.4 Å². The minimum atomic E-state index is -0.0204. The van der Waals surface area contributed by atoms with Gasteiger partial charge in [-0.15, -0.1) is 0 Å². The number of amides is 1. The molecule has 1 aliphatic carbocycles. The second-order valence-corrected chi connectivity index (χ2v) is 8.04. The maximum absolute atomic E-state index is 13.3. The fourth-order valence-corrected chi connectivity index (χ4v) is 4.72. The van der Waals surface area contributed by atoms with Crippen LogP contribution in [-0.4, -0.2) is 41.2 Å². The molecule has 4 atom stereocenters. The molecule has 0 unspecified atom stereocenters. The third-order valence-corrected chi connectivity index (χ3v) is 6.18. The lowest BCUT2D eigenvalue weighted by Gasteiger charge is -2.51. The van der Waals surface area contributed by atoms with Crippen LogP contribution in [0.1, 0.15) is 35.2 Å². The smallest absolute Gasteiger partial charge is 0.254 e. The van der Waals surface area contributed by atoms with Gasteiger partial charge in [0.2, 0.25) is 0 Å². The first-order valence-corrected chi connectivity index (χ1v) is 10.6. The highest BCUT2D eigenvalue weighted by molar-refractivity contribution is 5.95. The molecule has 2 bridgehead atoms. The number of carbonyl (C=O) groups excluding carboxylic acids is 1. The van der Waals surface area contributed by atoms with Crippen LogP contribution in [0.3, 0.4) is 0 Å². The molecule has 3 aliphatic rings. The topological polar surface area (TPSA) is 49.8 Å². The van der Waals surface area contributed by atoms with E-state index in [0.717, 1.165) is 24.8 Å². The Balaban J connectivity index is 1.40. The lowest BCUT2D eigenvalue weighted by atomic mass is 9.72. The van der Waals surface area contributed by atoms with Crippen LogP contribution >= 0.6 is 0 Å². The largest absolute Gasteiger partial charge is 0.396 e. The Morgan fingerprint density at radius 2 is 1.76 bits per heavy atom. The molecule has 29 heavy (non-hydrogen) atoms. The Bertz CT molecular complexity index is 820. The van der Waals surface area contributed by atoms with Gasteiger partial charge in [-0.05, 0) is 42.9 Å². The van der Waals surface area contributed by atoms with E-state index in [2.05, 4.69) is 24.3 Å². The third-order valence-electron chi connectivity index (χ3n) is 6.18. The number of aliphatic hydroxyl groups excluding tert-OH is 1. The van der Waals surface area contributed by atoms with Gasteiger partial charge in [0.25, 0.3) is 5.91 Å². The Morgan fingerprint density at radius 1 is 1.03 bits per heavy atom. The molecule has 0 aromatic heterocycles. The maximum Gasteiger partial charge on any atom is 0.254 e. The summed E-state index contributed by atoms with van der Waals surface area (Å²) >= 11 is 0. The van der Waals surface area contributed by atoms with Gasteiger partial charge >= 0.3 is 0 Å². The molecule has 1 saturated heterocycles. The van der Waals surface area contributed by atoms with Gasteiger partial charge in [0.1, 0.15) is 0 Å². The number of nitrogens with zero attached hydrogens (tertiary/aromatic N) is 1. The van der Waals surface area contributed by atoms with E-state index in [1.54, 1.807) is 0 Å². The number of aliphatic hydroxyl groups is 1. The molecular weight excluding hydrogens is 362 g/mol. The van der Waals surface area contributed by atoms with Crippen LogP contribution in [0.2, 0.25) is 0 Å². The van der Waals surface area contributed by atoms with Crippen LogP contribution in [0.4, 0.5) is 0 Å². The maximum atomic E-state index is 13.3. The van der Waals surface area contributed by atoms with Crippen LogP contribution in [0.15, 0.2) is 72.8 Å². The normalized spacial score (nSPS) is 25.3. The number of piperidine rings is 1. The SMILES string of the molecule is O=C(c1ccccc1)N1[C@@H]2C=C[C@@H](C[C@H]2CO)[C@@H]1CCCOCc1ccccc1.